The zero-order valence-corrected chi connectivity index (χ0v) is 16.6. The fraction of sp³-hybridized carbons (Fsp3) is 0.500. The van der Waals surface area contributed by atoms with Crippen LogP contribution in [0.2, 0.25) is 0 Å². The summed E-state index contributed by atoms with van der Waals surface area (Å²) in [4.78, 5) is 26.8. The topological polar surface area (TPSA) is 109 Å². The number of aliphatic imine (C=N–C) groups is 1. The summed E-state index contributed by atoms with van der Waals surface area (Å²) in [6.07, 6.45) is 8.09. The van der Waals surface area contributed by atoms with Crippen LogP contribution in [0.25, 0.3) is 11.0 Å². The van der Waals surface area contributed by atoms with Gasteiger partial charge in [0.1, 0.15) is 11.9 Å². The van der Waals surface area contributed by atoms with Crippen molar-refractivity contribution in [1.82, 2.24) is 29.7 Å². The molecule has 1 N–H and O–H groups in total. The fourth-order valence-electron chi connectivity index (χ4n) is 2.83. The van der Waals surface area contributed by atoms with E-state index in [1.807, 2.05) is 25.1 Å². The maximum Gasteiger partial charge on any atom is 0.434 e. The third-order valence-electron chi connectivity index (χ3n) is 4.03. The van der Waals surface area contributed by atoms with Crippen LogP contribution >= 0.6 is 0 Å². The molecule has 1 amide bonds. The number of rotatable bonds is 4. The minimum Gasteiger partial charge on any atom is -0.442 e. The Hall–Kier alpha value is -3.01. The number of hydrogen-bond acceptors (Lipinski definition) is 7. The Labute approximate surface area is 163 Å². The van der Waals surface area contributed by atoms with E-state index >= 15 is 0 Å². The highest BCUT2D eigenvalue weighted by Gasteiger charge is 2.32. The molecule has 0 aliphatic heterocycles. The zero-order valence-electron chi connectivity index (χ0n) is 16.6. The van der Waals surface area contributed by atoms with Crippen molar-refractivity contribution >= 4 is 29.3 Å². The highest BCUT2D eigenvalue weighted by Crippen LogP contribution is 2.30. The average Bonchev–Trinajstić information content (AvgIpc) is 3.24. The third kappa shape index (κ3) is 4.28. The van der Waals surface area contributed by atoms with Crippen molar-refractivity contribution in [2.24, 2.45) is 4.99 Å². The number of amides is 1. The molecule has 1 aliphatic rings. The van der Waals surface area contributed by atoms with Gasteiger partial charge < -0.3 is 9.64 Å². The van der Waals surface area contributed by atoms with E-state index in [1.54, 1.807) is 44.1 Å². The molecule has 0 saturated carbocycles. The first-order valence-electron chi connectivity index (χ1n) is 8.94. The number of carbonyl (C=O) groups excluding carboxylic acids is 1. The SMILES string of the molecule is CN(C)/C=N\c1ncnc2c1cnn2[C@H]1C=C[C@@H](N(O)C(=O)OC(C)(C)C)C1. The molecular formula is C18H25N7O3. The molecule has 2 heterocycles. The monoisotopic (exact) mass is 387 g/mol. The first kappa shape index (κ1) is 19.7. The molecule has 0 aromatic carbocycles. The molecule has 28 heavy (non-hydrogen) atoms. The number of fused-ring (bicyclic) bond motifs is 1. The second kappa shape index (κ2) is 7.55. The molecule has 0 spiro atoms. The van der Waals surface area contributed by atoms with Gasteiger partial charge in [0.25, 0.3) is 0 Å². The highest BCUT2D eigenvalue weighted by atomic mass is 16.6. The molecule has 150 valence electrons. The lowest BCUT2D eigenvalue weighted by Gasteiger charge is -2.26. The molecular weight excluding hydrogens is 362 g/mol. The van der Waals surface area contributed by atoms with Gasteiger partial charge in [-0.2, -0.15) is 10.2 Å². The molecule has 10 heteroatoms. The van der Waals surface area contributed by atoms with Crippen molar-refractivity contribution in [2.45, 2.75) is 44.9 Å². The van der Waals surface area contributed by atoms with Crippen LogP contribution in [0.1, 0.15) is 33.2 Å². The number of carbonyl (C=O) groups is 1. The van der Waals surface area contributed by atoms with Gasteiger partial charge in [0.15, 0.2) is 11.5 Å². The summed E-state index contributed by atoms with van der Waals surface area (Å²) in [7, 11) is 3.75. The molecule has 2 aromatic rings. The predicted molar refractivity (Wildman–Crippen MR) is 104 cm³/mol. The zero-order chi connectivity index (χ0) is 20.5. The van der Waals surface area contributed by atoms with Crippen molar-refractivity contribution in [3.05, 3.63) is 24.7 Å². The van der Waals surface area contributed by atoms with Crippen LogP contribution in [0.15, 0.2) is 29.7 Å². The molecule has 0 bridgehead atoms. The van der Waals surface area contributed by atoms with E-state index in [0.717, 1.165) is 5.39 Å². The standard InChI is InChI=1S/C18H25N7O3/c1-18(2,3)28-17(26)25(27)13-7-6-12(8-13)24-16-14(9-22-24)15(19-10-20-16)21-11-23(4)5/h6-7,9-13,27H,8H2,1-5H3/b21-11-/t12-,13+/m0/s1. The molecule has 0 unspecified atom stereocenters. The smallest absolute Gasteiger partial charge is 0.434 e. The number of allylic oxidation sites excluding steroid dienone is 1. The quantitative estimate of drug-likeness (QED) is 0.282. The first-order valence-corrected chi connectivity index (χ1v) is 8.94. The Morgan fingerprint density at radius 1 is 1.36 bits per heavy atom. The van der Waals surface area contributed by atoms with Crippen LogP contribution in [0.5, 0.6) is 0 Å². The van der Waals surface area contributed by atoms with Gasteiger partial charge in [-0.25, -0.2) is 24.4 Å². The van der Waals surface area contributed by atoms with E-state index in [2.05, 4.69) is 20.1 Å². The maximum absolute atomic E-state index is 12.1. The Morgan fingerprint density at radius 2 is 2.11 bits per heavy atom. The van der Waals surface area contributed by atoms with Gasteiger partial charge in [-0.15, -0.1) is 0 Å². The summed E-state index contributed by atoms with van der Waals surface area (Å²) in [6, 6.07) is -0.674. The van der Waals surface area contributed by atoms with E-state index in [1.165, 1.54) is 6.33 Å². The van der Waals surface area contributed by atoms with Gasteiger partial charge in [-0.05, 0) is 20.8 Å². The minimum absolute atomic E-state index is 0.167. The number of hydroxylamine groups is 2. The summed E-state index contributed by atoms with van der Waals surface area (Å²) in [5.41, 5.74) is -0.0452. The molecule has 0 saturated heterocycles. The Kier molecular flexibility index (Phi) is 5.32. The van der Waals surface area contributed by atoms with Crippen molar-refractivity contribution in [1.29, 1.82) is 0 Å². The highest BCUT2D eigenvalue weighted by molar-refractivity contribution is 5.86. The normalized spacial score (nSPS) is 19.5. The summed E-state index contributed by atoms with van der Waals surface area (Å²) >= 11 is 0. The minimum atomic E-state index is -0.782. The number of nitrogens with zero attached hydrogens (tertiary/aromatic N) is 7. The largest absolute Gasteiger partial charge is 0.442 e. The Morgan fingerprint density at radius 3 is 2.79 bits per heavy atom. The lowest BCUT2D eigenvalue weighted by atomic mass is 10.2. The van der Waals surface area contributed by atoms with Crippen molar-refractivity contribution < 1.29 is 14.7 Å². The van der Waals surface area contributed by atoms with Gasteiger partial charge in [0.2, 0.25) is 0 Å². The van der Waals surface area contributed by atoms with Crippen LogP contribution in [0.3, 0.4) is 0 Å². The van der Waals surface area contributed by atoms with Crippen molar-refractivity contribution in [3.63, 3.8) is 0 Å². The lowest BCUT2D eigenvalue weighted by Crippen LogP contribution is -2.40. The molecule has 1 aliphatic carbocycles. The maximum atomic E-state index is 12.1. The Balaban J connectivity index is 1.77. The van der Waals surface area contributed by atoms with Gasteiger partial charge in [-0.3, -0.25) is 5.21 Å². The van der Waals surface area contributed by atoms with E-state index < -0.39 is 17.7 Å². The third-order valence-corrected chi connectivity index (χ3v) is 4.03. The molecule has 10 nitrogen and oxygen atoms in total. The van der Waals surface area contributed by atoms with E-state index in [-0.39, 0.29) is 6.04 Å². The van der Waals surface area contributed by atoms with Gasteiger partial charge in [0.05, 0.1) is 30.0 Å². The number of ether oxygens (including phenoxy) is 1. The van der Waals surface area contributed by atoms with Crippen LogP contribution in [0, 0.1) is 0 Å². The predicted octanol–water partition coefficient (Wildman–Crippen LogP) is 2.54. The molecule has 0 fully saturated rings. The molecule has 0 radical (unpaired) electrons. The average molecular weight is 387 g/mol. The summed E-state index contributed by atoms with van der Waals surface area (Å²) < 4.78 is 6.95. The summed E-state index contributed by atoms with van der Waals surface area (Å²) in [5, 5.41) is 16.0. The van der Waals surface area contributed by atoms with Crippen LogP contribution in [-0.2, 0) is 4.74 Å². The fourth-order valence-corrected chi connectivity index (χ4v) is 2.83. The second-order valence-electron chi connectivity index (χ2n) is 7.81. The Bertz CT molecular complexity index is 914. The van der Waals surface area contributed by atoms with Crippen LogP contribution < -0.4 is 0 Å². The van der Waals surface area contributed by atoms with Gasteiger partial charge >= 0.3 is 6.09 Å². The molecule has 2 atom stereocenters. The van der Waals surface area contributed by atoms with E-state index in [9.17, 15) is 10.0 Å². The van der Waals surface area contributed by atoms with E-state index in [0.29, 0.717) is 22.9 Å². The van der Waals surface area contributed by atoms with Crippen LogP contribution in [-0.4, -0.2) is 73.1 Å². The van der Waals surface area contributed by atoms with Crippen molar-refractivity contribution in [3.8, 4) is 0 Å². The first-order chi connectivity index (χ1) is 13.2. The molecule has 2 aromatic heterocycles. The van der Waals surface area contributed by atoms with Crippen molar-refractivity contribution in [2.75, 3.05) is 14.1 Å². The lowest BCUT2D eigenvalue weighted by molar-refractivity contribution is -0.110. The second-order valence-corrected chi connectivity index (χ2v) is 7.81. The van der Waals surface area contributed by atoms with Crippen LogP contribution in [0.4, 0.5) is 10.6 Å². The van der Waals surface area contributed by atoms with E-state index in [4.69, 9.17) is 4.74 Å². The number of hydrogen-bond donors (Lipinski definition) is 1. The summed E-state index contributed by atoms with van der Waals surface area (Å²) in [5.74, 6) is 0.529. The number of aromatic nitrogens is 4. The molecule has 3 rings (SSSR count). The summed E-state index contributed by atoms with van der Waals surface area (Å²) in [6.45, 7) is 5.24. The van der Waals surface area contributed by atoms with Gasteiger partial charge in [0, 0.05) is 20.5 Å². The van der Waals surface area contributed by atoms with Gasteiger partial charge in [-0.1, -0.05) is 12.2 Å².